The van der Waals surface area contributed by atoms with Crippen LogP contribution >= 0.6 is 0 Å². The normalized spacial score (nSPS) is 16.4. The largest absolute Gasteiger partial charge is 0.507 e. The van der Waals surface area contributed by atoms with E-state index in [9.17, 15) is 29.6 Å². The zero-order valence-corrected chi connectivity index (χ0v) is 18.7. The summed E-state index contributed by atoms with van der Waals surface area (Å²) in [5, 5.41) is 31.5. The van der Waals surface area contributed by atoms with Crippen molar-refractivity contribution in [3.63, 3.8) is 0 Å². The number of carbonyl (C=O) groups is 3. The Kier molecular flexibility index (Phi) is 6.30. The van der Waals surface area contributed by atoms with Crippen molar-refractivity contribution in [1.29, 1.82) is 5.26 Å². The van der Waals surface area contributed by atoms with Gasteiger partial charge in [-0.3, -0.25) is 29.4 Å². The Morgan fingerprint density at radius 2 is 1.78 bits per heavy atom. The van der Waals surface area contributed by atoms with Crippen LogP contribution in [-0.2, 0) is 14.4 Å². The molecule has 0 aliphatic carbocycles. The molecule has 0 bridgehead atoms. The van der Waals surface area contributed by atoms with Gasteiger partial charge in [0.15, 0.2) is 0 Å². The second-order valence-electron chi connectivity index (χ2n) is 7.80. The first-order valence-electron chi connectivity index (χ1n) is 10.6. The lowest BCUT2D eigenvalue weighted by Gasteiger charge is -2.25. The average Bonchev–Trinajstić information content (AvgIpc) is 3.13. The summed E-state index contributed by atoms with van der Waals surface area (Å²) in [5.41, 5.74) is 0.309. The fourth-order valence-corrected chi connectivity index (χ4v) is 3.95. The number of aliphatic hydroxyl groups is 1. The summed E-state index contributed by atoms with van der Waals surface area (Å²) in [6.07, 6.45) is 0. The Labute approximate surface area is 204 Å². The van der Waals surface area contributed by atoms with Crippen molar-refractivity contribution < 1.29 is 29.2 Å². The Bertz CT molecular complexity index is 1490. The van der Waals surface area contributed by atoms with E-state index in [1.807, 2.05) is 6.07 Å². The molecular weight excluding hydrogens is 466 g/mol. The molecule has 0 spiro atoms. The van der Waals surface area contributed by atoms with Gasteiger partial charge in [-0.1, -0.05) is 24.3 Å². The minimum atomic E-state index is -1.16. The van der Waals surface area contributed by atoms with Crippen molar-refractivity contribution >= 4 is 34.8 Å². The monoisotopic (exact) mass is 483 g/mol. The molecule has 1 unspecified atom stereocenters. The number of nitro groups is 1. The molecule has 1 N–H and O–H groups in total. The molecule has 10 nitrogen and oxygen atoms in total. The number of Topliss-reactive ketones (excluding diaryl/α,β-unsaturated/α-hetero) is 1. The number of amides is 1. The van der Waals surface area contributed by atoms with Crippen LogP contribution in [-0.4, -0.2) is 27.7 Å². The highest BCUT2D eigenvalue weighted by Gasteiger charge is 2.47. The van der Waals surface area contributed by atoms with Crippen LogP contribution in [0, 0.1) is 21.4 Å². The number of nitro benzene ring substituents is 1. The summed E-state index contributed by atoms with van der Waals surface area (Å²) in [7, 11) is 0. The maximum absolute atomic E-state index is 13.2. The number of ether oxygens (including phenoxy) is 1. The number of non-ortho nitro benzene ring substituents is 1. The topological polar surface area (TPSA) is 151 Å². The van der Waals surface area contributed by atoms with Crippen LogP contribution in [0.1, 0.15) is 29.7 Å². The first kappa shape index (κ1) is 23.8. The van der Waals surface area contributed by atoms with E-state index >= 15 is 0 Å². The van der Waals surface area contributed by atoms with Gasteiger partial charge in [0.2, 0.25) is 0 Å². The minimum Gasteiger partial charge on any atom is -0.507 e. The van der Waals surface area contributed by atoms with Crippen LogP contribution in [0.4, 0.5) is 11.4 Å². The van der Waals surface area contributed by atoms with E-state index < -0.39 is 34.4 Å². The molecular formula is C26H17N3O7. The zero-order chi connectivity index (χ0) is 26.0. The third-order valence-corrected chi connectivity index (χ3v) is 5.48. The van der Waals surface area contributed by atoms with E-state index in [0.717, 1.165) is 11.0 Å². The minimum absolute atomic E-state index is 0.0248. The van der Waals surface area contributed by atoms with E-state index in [1.54, 1.807) is 12.1 Å². The van der Waals surface area contributed by atoms with Crippen LogP contribution in [0.25, 0.3) is 5.76 Å². The Balaban J connectivity index is 1.94. The maximum atomic E-state index is 13.2. The summed E-state index contributed by atoms with van der Waals surface area (Å²) in [6, 6.07) is 17.9. The second-order valence-corrected chi connectivity index (χ2v) is 7.80. The molecule has 178 valence electrons. The Hall–Kier alpha value is -5.30. The number of benzene rings is 3. The molecule has 10 heteroatoms. The molecule has 0 aromatic heterocycles. The highest BCUT2D eigenvalue weighted by atomic mass is 16.6. The number of aliphatic hydroxyl groups excluding tert-OH is 1. The van der Waals surface area contributed by atoms with Crippen molar-refractivity contribution in [2.45, 2.75) is 13.0 Å². The van der Waals surface area contributed by atoms with Crippen LogP contribution in [0.15, 0.2) is 78.4 Å². The van der Waals surface area contributed by atoms with Crippen molar-refractivity contribution in [1.82, 2.24) is 0 Å². The van der Waals surface area contributed by atoms with Gasteiger partial charge in [-0.15, -0.1) is 0 Å². The number of carbonyl (C=O) groups excluding carboxylic acids is 3. The number of nitrogens with zero attached hydrogens (tertiary/aromatic N) is 3. The van der Waals surface area contributed by atoms with E-state index in [-0.39, 0.29) is 28.3 Å². The van der Waals surface area contributed by atoms with Crippen LogP contribution in [0.5, 0.6) is 5.75 Å². The van der Waals surface area contributed by atoms with E-state index in [2.05, 4.69) is 0 Å². The molecule has 4 rings (SSSR count). The van der Waals surface area contributed by atoms with Crippen molar-refractivity contribution in [2.75, 3.05) is 4.90 Å². The predicted molar refractivity (Wildman–Crippen MR) is 127 cm³/mol. The predicted octanol–water partition coefficient (Wildman–Crippen LogP) is 4.02. The van der Waals surface area contributed by atoms with E-state index in [4.69, 9.17) is 10.00 Å². The summed E-state index contributed by atoms with van der Waals surface area (Å²) in [4.78, 5) is 49.6. The van der Waals surface area contributed by atoms with Gasteiger partial charge in [0.1, 0.15) is 11.5 Å². The average molecular weight is 483 g/mol. The van der Waals surface area contributed by atoms with Crippen molar-refractivity contribution in [3.8, 4) is 11.8 Å². The van der Waals surface area contributed by atoms with E-state index in [0.29, 0.717) is 11.1 Å². The molecule has 1 amide bonds. The third-order valence-electron chi connectivity index (χ3n) is 5.48. The lowest BCUT2D eigenvalue weighted by atomic mass is 9.94. The van der Waals surface area contributed by atoms with Gasteiger partial charge in [-0.05, 0) is 42.0 Å². The standard InChI is InChI=1S/C26H17N3O7/c1-15(30)36-21-7-3-4-17(13-21)23-22(24(31)18-5-2-6-20(12-18)29(34)35)25(32)26(33)28(23)19-10-8-16(14-27)9-11-19/h2-13,23,31H,1H3/b24-22-. The third kappa shape index (κ3) is 4.41. The van der Waals surface area contributed by atoms with Crippen LogP contribution in [0.2, 0.25) is 0 Å². The van der Waals surface area contributed by atoms with Gasteiger partial charge >= 0.3 is 5.97 Å². The quantitative estimate of drug-likeness (QED) is 0.109. The van der Waals surface area contributed by atoms with Crippen molar-refractivity contribution in [3.05, 3.63) is 105 Å². The number of hydrogen-bond donors (Lipinski definition) is 1. The molecule has 1 heterocycles. The zero-order valence-electron chi connectivity index (χ0n) is 18.7. The maximum Gasteiger partial charge on any atom is 0.308 e. The summed E-state index contributed by atoms with van der Waals surface area (Å²) in [6.45, 7) is 1.22. The Morgan fingerprint density at radius 1 is 1.08 bits per heavy atom. The first-order chi connectivity index (χ1) is 17.2. The summed E-state index contributed by atoms with van der Waals surface area (Å²) < 4.78 is 5.14. The lowest BCUT2D eigenvalue weighted by Crippen LogP contribution is -2.29. The SMILES string of the molecule is CC(=O)Oc1cccc(C2/C(=C(/O)c3cccc([N+](=O)[O-])c3)C(=O)C(=O)N2c2ccc(C#N)cc2)c1. The second kappa shape index (κ2) is 9.52. The van der Waals surface area contributed by atoms with Gasteiger partial charge in [0, 0.05) is 30.3 Å². The number of rotatable bonds is 5. The fourth-order valence-electron chi connectivity index (χ4n) is 3.95. The molecule has 36 heavy (non-hydrogen) atoms. The first-order valence-corrected chi connectivity index (χ1v) is 10.6. The summed E-state index contributed by atoms with van der Waals surface area (Å²) >= 11 is 0. The van der Waals surface area contributed by atoms with Crippen LogP contribution in [0.3, 0.4) is 0 Å². The molecule has 0 radical (unpaired) electrons. The number of anilines is 1. The molecule has 1 aliphatic rings. The Morgan fingerprint density at radius 3 is 2.42 bits per heavy atom. The number of nitriles is 1. The van der Waals surface area contributed by atoms with Gasteiger partial charge in [0.05, 0.1) is 28.2 Å². The van der Waals surface area contributed by atoms with Gasteiger partial charge < -0.3 is 9.84 Å². The van der Waals surface area contributed by atoms with E-state index in [1.165, 1.54) is 61.5 Å². The summed E-state index contributed by atoms with van der Waals surface area (Å²) in [5.74, 6) is -2.98. The molecule has 1 saturated heterocycles. The van der Waals surface area contributed by atoms with Gasteiger partial charge in [-0.2, -0.15) is 5.26 Å². The fraction of sp³-hybridized carbons (Fsp3) is 0.0769. The number of hydrogen-bond acceptors (Lipinski definition) is 8. The van der Waals surface area contributed by atoms with Gasteiger partial charge in [-0.25, -0.2) is 0 Å². The van der Waals surface area contributed by atoms with Gasteiger partial charge in [0.25, 0.3) is 17.4 Å². The molecule has 1 fully saturated rings. The molecule has 3 aromatic carbocycles. The van der Waals surface area contributed by atoms with Crippen molar-refractivity contribution in [2.24, 2.45) is 0 Å². The molecule has 1 aliphatic heterocycles. The number of ketones is 1. The molecule has 3 aromatic rings. The highest BCUT2D eigenvalue weighted by molar-refractivity contribution is 6.51. The smallest absolute Gasteiger partial charge is 0.308 e. The molecule has 1 atom stereocenters. The molecule has 0 saturated carbocycles. The lowest BCUT2D eigenvalue weighted by molar-refractivity contribution is -0.384. The van der Waals surface area contributed by atoms with Crippen LogP contribution < -0.4 is 9.64 Å². The number of esters is 1. The highest BCUT2D eigenvalue weighted by Crippen LogP contribution is 2.43.